The van der Waals surface area contributed by atoms with Crippen molar-refractivity contribution in [3.8, 4) is 11.5 Å². The van der Waals surface area contributed by atoms with E-state index in [0.29, 0.717) is 31.0 Å². The number of hydrogen-bond donors (Lipinski definition) is 1. The van der Waals surface area contributed by atoms with Crippen LogP contribution in [0.4, 0.5) is 4.39 Å². The summed E-state index contributed by atoms with van der Waals surface area (Å²) in [7, 11) is 0. The maximum Gasteiger partial charge on any atom is 0.124 e. The molecule has 0 spiro atoms. The van der Waals surface area contributed by atoms with Crippen molar-refractivity contribution in [1.29, 1.82) is 0 Å². The summed E-state index contributed by atoms with van der Waals surface area (Å²) in [5, 5.41) is 10.3. The third-order valence-corrected chi connectivity index (χ3v) is 4.52. The van der Waals surface area contributed by atoms with Crippen LogP contribution in [0.5, 0.6) is 11.5 Å². The highest BCUT2D eigenvalue weighted by molar-refractivity contribution is 5.57. The fourth-order valence-corrected chi connectivity index (χ4v) is 3.20. The second kappa shape index (κ2) is 9.48. The zero-order valence-electron chi connectivity index (χ0n) is 15.1. The summed E-state index contributed by atoms with van der Waals surface area (Å²) in [6.07, 6.45) is 1.37. The molecule has 2 aromatic carbocycles. The maximum absolute atomic E-state index is 12.9. The number of carbonyl (C=O) groups excluding carboxylic acids is 1. The molecule has 1 saturated heterocycles. The van der Waals surface area contributed by atoms with Gasteiger partial charge in [-0.2, -0.15) is 0 Å². The van der Waals surface area contributed by atoms with Gasteiger partial charge in [0.25, 0.3) is 0 Å². The molecule has 0 aromatic heterocycles. The van der Waals surface area contributed by atoms with Crippen molar-refractivity contribution in [3.63, 3.8) is 0 Å². The fraction of sp³-hybridized carbons (Fsp3) is 0.381. The smallest absolute Gasteiger partial charge is 0.124 e. The Morgan fingerprint density at radius 1 is 1.22 bits per heavy atom. The number of aldehydes is 1. The van der Waals surface area contributed by atoms with Gasteiger partial charge in [0.05, 0.1) is 0 Å². The monoisotopic (exact) mass is 373 g/mol. The van der Waals surface area contributed by atoms with Crippen LogP contribution in [0.3, 0.4) is 0 Å². The molecule has 1 aliphatic heterocycles. The Morgan fingerprint density at radius 2 is 2.00 bits per heavy atom. The third-order valence-electron chi connectivity index (χ3n) is 4.52. The Labute approximate surface area is 158 Å². The zero-order valence-corrected chi connectivity index (χ0v) is 15.1. The molecule has 3 rings (SSSR count). The van der Waals surface area contributed by atoms with E-state index in [9.17, 15) is 14.3 Å². The average Bonchev–Trinajstić information content (AvgIpc) is 3.10. The molecule has 0 radical (unpaired) electrons. The predicted octanol–water partition coefficient (Wildman–Crippen LogP) is 2.46. The number of carbonyl (C=O) groups is 1. The lowest BCUT2D eigenvalue weighted by Crippen LogP contribution is -2.35. The number of aliphatic hydroxyl groups excluding tert-OH is 1. The molecule has 27 heavy (non-hydrogen) atoms. The number of ether oxygens (including phenoxy) is 2. The van der Waals surface area contributed by atoms with Gasteiger partial charge in [-0.25, -0.2) is 4.39 Å². The lowest BCUT2D eigenvalue weighted by molar-refractivity contribution is -0.107. The van der Waals surface area contributed by atoms with Crippen LogP contribution < -0.4 is 9.47 Å². The fourth-order valence-electron chi connectivity index (χ4n) is 3.20. The molecular formula is C21H24FNO4. The minimum absolute atomic E-state index is 0.0249. The van der Waals surface area contributed by atoms with E-state index in [0.717, 1.165) is 24.8 Å². The van der Waals surface area contributed by atoms with Gasteiger partial charge >= 0.3 is 0 Å². The Kier molecular flexibility index (Phi) is 6.79. The van der Waals surface area contributed by atoms with E-state index in [1.165, 1.54) is 12.1 Å². The van der Waals surface area contributed by atoms with Crippen molar-refractivity contribution in [2.45, 2.75) is 25.0 Å². The second-order valence-corrected chi connectivity index (χ2v) is 6.69. The molecule has 2 aromatic rings. The van der Waals surface area contributed by atoms with Gasteiger partial charge in [-0.15, -0.1) is 0 Å². The first-order valence-corrected chi connectivity index (χ1v) is 9.11. The van der Waals surface area contributed by atoms with Gasteiger partial charge in [0, 0.05) is 31.6 Å². The van der Waals surface area contributed by atoms with E-state index >= 15 is 0 Å². The van der Waals surface area contributed by atoms with Gasteiger partial charge in [0.2, 0.25) is 0 Å². The zero-order chi connectivity index (χ0) is 19.1. The van der Waals surface area contributed by atoms with Gasteiger partial charge in [-0.05, 0) is 36.8 Å². The van der Waals surface area contributed by atoms with Crippen molar-refractivity contribution in [2.75, 3.05) is 26.2 Å². The lowest BCUT2D eigenvalue weighted by atomic mass is 10.1. The molecule has 6 heteroatoms. The molecule has 0 saturated carbocycles. The molecule has 144 valence electrons. The molecule has 0 amide bonds. The number of aliphatic hydroxyl groups is 1. The van der Waals surface area contributed by atoms with E-state index in [2.05, 4.69) is 4.90 Å². The van der Waals surface area contributed by atoms with E-state index in [1.807, 2.05) is 18.2 Å². The number of likely N-dealkylation sites (tertiary alicyclic amines) is 1. The summed E-state index contributed by atoms with van der Waals surface area (Å²) in [5.41, 5.74) is 0.814. The number of nitrogens with zero attached hydrogens (tertiary/aromatic N) is 1. The van der Waals surface area contributed by atoms with Gasteiger partial charge in [-0.3, -0.25) is 4.90 Å². The molecule has 0 bridgehead atoms. The van der Waals surface area contributed by atoms with Gasteiger partial charge in [0.1, 0.15) is 42.4 Å². The number of rotatable bonds is 9. The summed E-state index contributed by atoms with van der Waals surface area (Å²) in [5.74, 6) is 0.995. The molecule has 0 aliphatic carbocycles. The molecule has 2 unspecified atom stereocenters. The Hall–Kier alpha value is -2.44. The van der Waals surface area contributed by atoms with Crippen LogP contribution >= 0.6 is 0 Å². The van der Waals surface area contributed by atoms with Crippen molar-refractivity contribution in [3.05, 3.63) is 59.9 Å². The first kappa shape index (κ1) is 19.3. The Bertz CT molecular complexity index is 737. The first-order valence-electron chi connectivity index (χ1n) is 9.11. The van der Waals surface area contributed by atoms with E-state index in [4.69, 9.17) is 9.47 Å². The van der Waals surface area contributed by atoms with Crippen molar-refractivity contribution in [1.82, 2.24) is 4.90 Å². The molecule has 1 N–H and O–H groups in total. The SMILES string of the molecule is O=CCc1ccccc1OCC(O)CN1CCC(Oc2ccc(F)cc2)C1. The summed E-state index contributed by atoms with van der Waals surface area (Å²) in [6.45, 7) is 2.18. The molecule has 1 heterocycles. The summed E-state index contributed by atoms with van der Waals surface area (Å²) < 4.78 is 24.5. The minimum atomic E-state index is -0.640. The van der Waals surface area contributed by atoms with Crippen LogP contribution in [-0.4, -0.2) is 54.7 Å². The van der Waals surface area contributed by atoms with Crippen molar-refractivity contribution >= 4 is 6.29 Å². The Morgan fingerprint density at radius 3 is 2.78 bits per heavy atom. The number of benzene rings is 2. The highest BCUT2D eigenvalue weighted by Crippen LogP contribution is 2.20. The summed E-state index contributed by atoms with van der Waals surface area (Å²) in [4.78, 5) is 12.9. The normalized spacial score (nSPS) is 18.2. The van der Waals surface area contributed by atoms with Crippen LogP contribution in [0.25, 0.3) is 0 Å². The van der Waals surface area contributed by atoms with Gasteiger partial charge < -0.3 is 19.4 Å². The Balaban J connectivity index is 1.43. The minimum Gasteiger partial charge on any atom is -0.491 e. The maximum atomic E-state index is 12.9. The number of β-amino-alcohol motifs (C(OH)–C–C–N with tert-alkyl or cyclic N) is 1. The highest BCUT2D eigenvalue weighted by atomic mass is 19.1. The third kappa shape index (κ3) is 5.77. The van der Waals surface area contributed by atoms with E-state index in [1.54, 1.807) is 18.2 Å². The molecular weight excluding hydrogens is 349 g/mol. The lowest BCUT2D eigenvalue weighted by Gasteiger charge is -2.21. The van der Waals surface area contributed by atoms with Gasteiger partial charge in [0.15, 0.2) is 0 Å². The van der Waals surface area contributed by atoms with Crippen LogP contribution in [0, 0.1) is 5.82 Å². The summed E-state index contributed by atoms with van der Waals surface area (Å²) in [6, 6.07) is 13.3. The molecule has 2 atom stereocenters. The standard InChI is InChI=1S/C21H24FNO4/c22-17-5-7-19(8-6-17)27-20-9-11-23(14-20)13-18(25)15-26-21-4-2-1-3-16(21)10-12-24/h1-8,12,18,20,25H,9-11,13-15H2. The quantitative estimate of drug-likeness (QED) is 0.685. The highest BCUT2D eigenvalue weighted by Gasteiger charge is 2.25. The van der Waals surface area contributed by atoms with Crippen LogP contribution in [0.1, 0.15) is 12.0 Å². The largest absolute Gasteiger partial charge is 0.491 e. The van der Waals surface area contributed by atoms with Gasteiger partial charge in [-0.1, -0.05) is 18.2 Å². The predicted molar refractivity (Wildman–Crippen MR) is 99.6 cm³/mol. The van der Waals surface area contributed by atoms with E-state index < -0.39 is 6.10 Å². The van der Waals surface area contributed by atoms with Crippen LogP contribution in [0.15, 0.2) is 48.5 Å². The van der Waals surface area contributed by atoms with Crippen LogP contribution in [0.2, 0.25) is 0 Å². The topological polar surface area (TPSA) is 59.0 Å². The number of para-hydroxylation sites is 1. The average molecular weight is 373 g/mol. The second-order valence-electron chi connectivity index (χ2n) is 6.69. The van der Waals surface area contributed by atoms with Crippen LogP contribution in [-0.2, 0) is 11.2 Å². The molecule has 5 nitrogen and oxygen atoms in total. The number of hydrogen-bond acceptors (Lipinski definition) is 5. The molecule has 1 aliphatic rings. The van der Waals surface area contributed by atoms with E-state index in [-0.39, 0.29) is 18.5 Å². The molecule has 1 fully saturated rings. The summed E-state index contributed by atoms with van der Waals surface area (Å²) >= 11 is 0. The number of halogens is 1. The van der Waals surface area contributed by atoms with Crippen molar-refractivity contribution in [2.24, 2.45) is 0 Å². The van der Waals surface area contributed by atoms with Crippen molar-refractivity contribution < 1.29 is 23.8 Å². The first-order chi connectivity index (χ1) is 13.1.